The van der Waals surface area contributed by atoms with Crippen LogP contribution in [0.3, 0.4) is 0 Å². The molecule has 4 rings (SSSR count). The van der Waals surface area contributed by atoms with Crippen LogP contribution in [0.5, 0.6) is 0 Å². The third kappa shape index (κ3) is 2.61. The molecule has 2 heterocycles. The van der Waals surface area contributed by atoms with Crippen molar-refractivity contribution in [2.75, 3.05) is 13.1 Å². The zero-order valence-corrected chi connectivity index (χ0v) is 14.7. The van der Waals surface area contributed by atoms with E-state index in [9.17, 15) is 9.59 Å². The molecule has 132 valence electrons. The Kier molecular flexibility index (Phi) is 4.09. The maximum Gasteiger partial charge on any atom is 0.225 e. The number of hydrogen-bond acceptors (Lipinski definition) is 3. The molecule has 0 spiro atoms. The van der Waals surface area contributed by atoms with Crippen LogP contribution in [0.15, 0.2) is 48.5 Å². The van der Waals surface area contributed by atoms with Crippen LogP contribution in [0.25, 0.3) is 10.9 Å². The molecule has 0 bridgehead atoms. The van der Waals surface area contributed by atoms with Crippen molar-refractivity contribution in [1.82, 2.24) is 9.88 Å². The summed E-state index contributed by atoms with van der Waals surface area (Å²) in [7, 11) is 0. The summed E-state index contributed by atoms with van der Waals surface area (Å²) in [5, 5.41) is 0.928. The van der Waals surface area contributed by atoms with Crippen molar-refractivity contribution in [2.45, 2.75) is 19.4 Å². The first-order valence-electron chi connectivity index (χ1n) is 8.80. The fourth-order valence-corrected chi connectivity index (χ4v) is 3.79. The average molecular weight is 347 g/mol. The van der Waals surface area contributed by atoms with E-state index >= 15 is 0 Å². The van der Waals surface area contributed by atoms with Gasteiger partial charge in [0.2, 0.25) is 5.91 Å². The predicted molar refractivity (Wildman–Crippen MR) is 101 cm³/mol. The molecular weight excluding hydrogens is 326 g/mol. The molecule has 0 aliphatic carbocycles. The van der Waals surface area contributed by atoms with Crippen LogP contribution in [0, 0.1) is 6.92 Å². The summed E-state index contributed by atoms with van der Waals surface area (Å²) in [6, 6.07) is 15.5. The molecule has 2 aromatic carbocycles. The van der Waals surface area contributed by atoms with Crippen molar-refractivity contribution in [2.24, 2.45) is 5.73 Å². The molecule has 0 fully saturated rings. The highest BCUT2D eigenvalue weighted by Gasteiger charge is 2.38. The van der Waals surface area contributed by atoms with Crippen molar-refractivity contribution in [1.29, 1.82) is 0 Å². The van der Waals surface area contributed by atoms with Crippen LogP contribution in [-0.2, 0) is 4.79 Å². The SMILES string of the molecule is Cc1ccc2[nH]c3c(c2c1)C(=O)CN(C(=O)CCN)C3c1ccccc1. The van der Waals surface area contributed by atoms with E-state index < -0.39 is 0 Å². The Hall–Kier alpha value is -2.92. The van der Waals surface area contributed by atoms with E-state index in [2.05, 4.69) is 4.98 Å². The summed E-state index contributed by atoms with van der Waals surface area (Å²) in [4.78, 5) is 30.7. The molecule has 3 N–H and O–H groups in total. The molecular formula is C21H21N3O2. The molecule has 0 saturated carbocycles. The van der Waals surface area contributed by atoms with Gasteiger partial charge in [0.15, 0.2) is 5.78 Å². The Morgan fingerprint density at radius 2 is 2.00 bits per heavy atom. The van der Waals surface area contributed by atoms with Gasteiger partial charge < -0.3 is 15.6 Å². The lowest BCUT2D eigenvalue weighted by Gasteiger charge is -2.35. The number of ketones is 1. The summed E-state index contributed by atoms with van der Waals surface area (Å²) >= 11 is 0. The van der Waals surface area contributed by atoms with Gasteiger partial charge in [-0.15, -0.1) is 0 Å². The van der Waals surface area contributed by atoms with Gasteiger partial charge in [-0.1, -0.05) is 42.0 Å². The Morgan fingerprint density at radius 1 is 1.23 bits per heavy atom. The maximum absolute atomic E-state index is 12.9. The van der Waals surface area contributed by atoms with Crippen molar-refractivity contribution >= 4 is 22.6 Å². The van der Waals surface area contributed by atoms with Crippen LogP contribution in [0.4, 0.5) is 0 Å². The molecule has 5 heteroatoms. The number of benzene rings is 2. The van der Waals surface area contributed by atoms with Gasteiger partial charge in [0.1, 0.15) is 0 Å². The van der Waals surface area contributed by atoms with Crippen LogP contribution < -0.4 is 5.73 Å². The second kappa shape index (κ2) is 6.42. The Balaban J connectivity index is 1.94. The summed E-state index contributed by atoms with van der Waals surface area (Å²) in [5.41, 5.74) is 10.1. The van der Waals surface area contributed by atoms with Gasteiger partial charge in [-0.3, -0.25) is 9.59 Å². The molecule has 1 atom stereocenters. The molecule has 5 nitrogen and oxygen atoms in total. The first-order valence-corrected chi connectivity index (χ1v) is 8.80. The minimum Gasteiger partial charge on any atom is -0.356 e. The molecule has 1 unspecified atom stereocenters. The standard InChI is InChI=1S/C21H21N3O2/c1-13-7-8-16-15(11-13)19-17(25)12-24(18(26)9-10-22)21(20(19)23-16)14-5-3-2-4-6-14/h2-8,11,21,23H,9-10,12,22H2,1H3. The smallest absolute Gasteiger partial charge is 0.225 e. The van der Waals surface area contributed by atoms with Gasteiger partial charge in [0.05, 0.1) is 23.8 Å². The fraction of sp³-hybridized carbons (Fsp3) is 0.238. The number of carbonyl (C=O) groups excluding carboxylic acids is 2. The predicted octanol–water partition coefficient (Wildman–Crippen LogP) is 2.94. The van der Waals surface area contributed by atoms with Crippen molar-refractivity contribution < 1.29 is 9.59 Å². The van der Waals surface area contributed by atoms with Gasteiger partial charge in [-0.25, -0.2) is 0 Å². The lowest BCUT2D eigenvalue weighted by atomic mass is 9.91. The number of aromatic nitrogens is 1. The van der Waals surface area contributed by atoms with Crippen molar-refractivity contribution in [3.8, 4) is 0 Å². The maximum atomic E-state index is 12.9. The van der Waals surface area contributed by atoms with Crippen LogP contribution >= 0.6 is 0 Å². The lowest BCUT2D eigenvalue weighted by molar-refractivity contribution is -0.132. The number of amides is 1. The van der Waals surface area contributed by atoms with E-state index in [1.54, 1.807) is 4.90 Å². The Labute approximate surface area is 151 Å². The number of rotatable bonds is 3. The van der Waals surface area contributed by atoms with Crippen LogP contribution in [0.1, 0.15) is 39.6 Å². The number of fused-ring (bicyclic) bond motifs is 3. The zero-order valence-electron chi connectivity index (χ0n) is 14.7. The molecule has 3 aromatic rings. The third-order valence-corrected chi connectivity index (χ3v) is 4.95. The highest BCUT2D eigenvalue weighted by molar-refractivity contribution is 6.12. The Bertz CT molecular complexity index is 991. The summed E-state index contributed by atoms with van der Waals surface area (Å²) in [6.07, 6.45) is 0.227. The largest absolute Gasteiger partial charge is 0.356 e. The summed E-state index contributed by atoms with van der Waals surface area (Å²) in [5.74, 6) is -0.135. The van der Waals surface area contributed by atoms with Crippen LogP contribution in [0.2, 0.25) is 0 Å². The topological polar surface area (TPSA) is 79.2 Å². The number of aromatic amines is 1. The molecule has 1 aliphatic heterocycles. The number of Topliss-reactive ketones (excluding diaryl/α,β-unsaturated/α-hetero) is 1. The van der Waals surface area contributed by atoms with E-state index in [0.717, 1.165) is 27.7 Å². The van der Waals surface area contributed by atoms with Gasteiger partial charge in [0.25, 0.3) is 0 Å². The molecule has 1 aliphatic rings. The molecule has 1 amide bonds. The van der Waals surface area contributed by atoms with Gasteiger partial charge in [0, 0.05) is 23.9 Å². The average Bonchev–Trinajstić information content (AvgIpc) is 3.01. The van der Waals surface area contributed by atoms with E-state index in [4.69, 9.17) is 5.73 Å². The zero-order chi connectivity index (χ0) is 18.3. The minimum atomic E-state index is -0.310. The Morgan fingerprint density at radius 3 is 2.73 bits per heavy atom. The molecule has 26 heavy (non-hydrogen) atoms. The molecule has 0 saturated heterocycles. The highest BCUT2D eigenvalue weighted by Crippen LogP contribution is 2.38. The first kappa shape index (κ1) is 16.5. The molecule has 1 aromatic heterocycles. The van der Waals surface area contributed by atoms with Crippen molar-refractivity contribution in [3.63, 3.8) is 0 Å². The number of nitrogens with zero attached hydrogens (tertiary/aromatic N) is 1. The van der Waals surface area contributed by atoms with E-state index in [0.29, 0.717) is 5.56 Å². The highest BCUT2D eigenvalue weighted by atomic mass is 16.2. The quantitative estimate of drug-likeness (QED) is 0.764. The molecule has 0 radical (unpaired) electrons. The number of hydrogen-bond donors (Lipinski definition) is 2. The number of nitrogens with one attached hydrogen (secondary N) is 1. The van der Waals surface area contributed by atoms with E-state index in [-0.39, 0.29) is 37.2 Å². The number of nitrogens with two attached hydrogens (primary N) is 1. The first-order chi connectivity index (χ1) is 12.6. The number of carbonyl (C=O) groups is 2. The normalized spacial score (nSPS) is 16.8. The van der Waals surface area contributed by atoms with Crippen molar-refractivity contribution in [3.05, 3.63) is 70.9 Å². The number of aryl methyl sites for hydroxylation is 1. The monoisotopic (exact) mass is 347 g/mol. The number of H-pyrrole nitrogens is 1. The van der Waals surface area contributed by atoms with Gasteiger partial charge in [-0.05, 0) is 24.6 Å². The second-order valence-corrected chi connectivity index (χ2v) is 6.76. The van der Waals surface area contributed by atoms with E-state index in [1.807, 2.05) is 55.5 Å². The summed E-state index contributed by atoms with van der Waals surface area (Å²) < 4.78 is 0. The minimum absolute atomic E-state index is 0.0330. The second-order valence-electron chi connectivity index (χ2n) is 6.76. The van der Waals surface area contributed by atoms with E-state index in [1.165, 1.54) is 0 Å². The third-order valence-electron chi connectivity index (χ3n) is 4.95. The van der Waals surface area contributed by atoms with Crippen LogP contribution in [-0.4, -0.2) is 34.7 Å². The lowest BCUT2D eigenvalue weighted by Crippen LogP contribution is -2.44. The summed E-state index contributed by atoms with van der Waals surface area (Å²) in [6.45, 7) is 2.36. The van der Waals surface area contributed by atoms with Gasteiger partial charge in [-0.2, -0.15) is 0 Å². The van der Waals surface area contributed by atoms with Gasteiger partial charge >= 0.3 is 0 Å². The fourth-order valence-electron chi connectivity index (χ4n) is 3.79.